The van der Waals surface area contributed by atoms with Crippen LogP contribution in [0.4, 0.5) is 13.2 Å². The fourth-order valence-corrected chi connectivity index (χ4v) is 6.83. The largest absolute Gasteiger partial charge is 0.490 e. The average molecular weight is 569 g/mol. The van der Waals surface area contributed by atoms with Crippen LogP contribution in [0, 0.1) is 5.92 Å². The second-order valence-electron chi connectivity index (χ2n) is 10.6. The summed E-state index contributed by atoms with van der Waals surface area (Å²) < 4.78 is 57.5. The van der Waals surface area contributed by atoms with Crippen molar-refractivity contribution >= 4 is 23.7 Å². The number of benzene rings is 1. The van der Waals surface area contributed by atoms with Crippen LogP contribution in [0.5, 0.6) is 0 Å². The number of likely N-dealkylation sites (N-methyl/N-ethyl adjacent to an activating group) is 1. The van der Waals surface area contributed by atoms with Gasteiger partial charge >= 0.3 is 18.1 Å². The number of furan rings is 1. The van der Waals surface area contributed by atoms with Crippen LogP contribution in [0.3, 0.4) is 0 Å². The molecule has 6 nitrogen and oxygen atoms in total. The van der Waals surface area contributed by atoms with E-state index in [1.807, 2.05) is 18.2 Å². The number of halogens is 3. The summed E-state index contributed by atoms with van der Waals surface area (Å²) in [5.74, 6) is -3.21. The molecular weight excluding hydrogens is 531 g/mol. The van der Waals surface area contributed by atoms with Gasteiger partial charge in [0.1, 0.15) is 6.54 Å². The fourth-order valence-electron chi connectivity index (χ4n) is 5.97. The predicted octanol–water partition coefficient (Wildman–Crippen LogP) is 6.50. The van der Waals surface area contributed by atoms with Crippen molar-refractivity contribution in [3.63, 3.8) is 0 Å². The van der Waals surface area contributed by atoms with E-state index in [0.29, 0.717) is 38.6 Å². The van der Waals surface area contributed by atoms with Gasteiger partial charge in [0.05, 0.1) is 25.9 Å². The van der Waals surface area contributed by atoms with Crippen LogP contribution in [0.15, 0.2) is 58.0 Å². The predicted molar refractivity (Wildman–Crippen MR) is 141 cm³/mol. The third-order valence-electron chi connectivity index (χ3n) is 8.11. The first-order valence-corrected chi connectivity index (χ1v) is 14.8. The number of likely N-dealkylation sites (tertiary alicyclic amines) is 1. The van der Waals surface area contributed by atoms with Gasteiger partial charge in [0, 0.05) is 29.4 Å². The van der Waals surface area contributed by atoms with E-state index in [4.69, 9.17) is 13.9 Å². The third kappa shape index (κ3) is 7.01. The van der Waals surface area contributed by atoms with Gasteiger partial charge in [-0.25, -0.2) is 9.59 Å². The molecule has 0 radical (unpaired) electrons. The van der Waals surface area contributed by atoms with Crippen molar-refractivity contribution in [1.82, 2.24) is 0 Å². The summed E-state index contributed by atoms with van der Waals surface area (Å²) in [5, 5.41) is 0. The summed E-state index contributed by atoms with van der Waals surface area (Å²) in [7, 11) is 0. The number of carbonyl (C=O) groups excluding carboxylic acids is 2. The van der Waals surface area contributed by atoms with Crippen LogP contribution in [-0.4, -0.2) is 60.6 Å². The molecule has 1 saturated heterocycles. The van der Waals surface area contributed by atoms with Crippen molar-refractivity contribution in [2.75, 3.05) is 31.9 Å². The number of carbonyl (C=O) groups is 2. The van der Waals surface area contributed by atoms with Crippen molar-refractivity contribution in [1.29, 1.82) is 0 Å². The second-order valence-corrected chi connectivity index (χ2v) is 11.7. The van der Waals surface area contributed by atoms with Gasteiger partial charge in [-0.2, -0.15) is 13.2 Å². The Morgan fingerprint density at radius 3 is 2.41 bits per heavy atom. The molecule has 0 bridgehead atoms. The maximum absolute atomic E-state index is 13.9. The second kappa shape index (κ2) is 12.8. The van der Waals surface area contributed by atoms with Crippen LogP contribution in [0.1, 0.15) is 57.6 Å². The lowest BCUT2D eigenvalue weighted by Gasteiger charge is -2.39. The molecule has 3 unspecified atom stereocenters. The smallest absolute Gasteiger partial charge is 0.464 e. The maximum atomic E-state index is 13.9. The molecule has 0 spiro atoms. The zero-order valence-corrected chi connectivity index (χ0v) is 23.1. The van der Waals surface area contributed by atoms with Crippen molar-refractivity contribution in [2.45, 2.75) is 74.6 Å². The SMILES string of the molecule is CC[N+]1(CCCSc2ccccc2)CCC(OC(=O)C(OC(=O)C(F)(F)F)(c2ccco2)C2CCCCC2)C1. The monoisotopic (exact) mass is 568 g/mol. The lowest BCUT2D eigenvalue weighted by molar-refractivity contribution is -0.916. The zero-order valence-electron chi connectivity index (χ0n) is 22.3. The minimum atomic E-state index is -5.26. The van der Waals surface area contributed by atoms with E-state index >= 15 is 0 Å². The van der Waals surface area contributed by atoms with Crippen LogP contribution < -0.4 is 0 Å². The van der Waals surface area contributed by atoms with Gasteiger partial charge in [-0.3, -0.25) is 0 Å². The summed E-state index contributed by atoms with van der Waals surface area (Å²) in [6.07, 6.45) is 0.285. The summed E-state index contributed by atoms with van der Waals surface area (Å²) in [4.78, 5) is 27.2. The Hall–Kier alpha value is -2.46. The Morgan fingerprint density at radius 2 is 1.77 bits per heavy atom. The van der Waals surface area contributed by atoms with E-state index < -0.39 is 35.7 Å². The molecule has 39 heavy (non-hydrogen) atoms. The Kier molecular flexibility index (Phi) is 9.69. The molecule has 2 aromatic rings. The molecule has 2 heterocycles. The van der Waals surface area contributed by atoms with Crippen LogP contribution in [0.25, 0.3) is 0 Å². The zero-order chi connectivity index (χ0) is 27.9. The van der Waals surface area contributed by atoms with Crippen molar-refractivity contribution in [2.24, 2.45) is 5.92 Å². The normalized spacial score (nSPS) is 23.7. The quantitative estimate of drug-likeness (QED) is 0.134. The molecule has 3 atom stereocenters. The van der Waals surface area contributed by atoms with Gasteiger partial charge < -0.3 is 18.4 Å². The highest BCUT2D eigenvalue weighted by Crippen LogP contribution is 2.45. The van der Waals surface area contributed by atoms with E-state index in [9.17, 15) is 22.8 Å². The molecule has 1 aromatic carbocycles. The number of quaternary nitrogens is 1. The van der Waals surface area contributed by atoms with Crippen molar-refractivity contribution in [3.8, 4) is 0 Å². The number of alkyl halides is 3. The van der Waals surface area contributed by atoms with Gasteiger partial charge in [-0.05, 0) is 44.0 Å². The molecule has 1 aromatic heterocycles. The number of ether oxygens (including phenoxy) is 2. The molecule has 0 N–H and O–H groups in total. The Bertz CT molecular complexity index is 1070. The van der Waals surface area contributed by atoms with Gasteiger partial charge in [0.25, 0.3) is 5.60 Å². The van der Waals surface area contributed by atoms with Crippen LogP contribution >= 0.6 is 11.8 Å². The van der Waals surface area contributed by atoms with Gasteiger partial charge in [0.15, 0.2) is 11.9 Å². The van der Waals surface area contributed by atoms with Crippen LogP contribution in [-0.2, 0) is 24.7 Å². The minimum absolute atomic E-state index is 0.121. The van der Waals surface area contributed by atoms with E-state index in [2.05, 4.69) is 19.1 Å². The number of hydrogen-bond acceptors (Lipinski definition) is 6. The molecule has 2 aliphatic rings. The molecule has 1 aliphatic heterocycles. The lowest BCUT2D eigenvalue weighted by atomic mass is 9.75. The van der Waals surface area contributed by atoms with Crippen LogP contribution in [0.2, 0.25) is 0 Å². The molecule has 4 rings (SSSR count). The Labute approximate surface area is 231 Å². The van der Waals surface area contributed by atoms with Crippen molar-refractivity contribution in [3.05, 3.63) is 54.5 Å². The summed E-state index contributed by atoms with van der Waals surface area (Å²) in [5.41, 5.74) is -2.27. The first-order chi connectivity index (χ1) is 18.7. The first-order valence-electron chi connectivity index (χ1n) is 13.8. The Morgan fingerprint density at radius 1 is 1.03 bits per heavy atom. The molecule has 10 heteroatoms. The van der Waals surface area contributed by atoms with Crippen molar-refractivity contribution < 1.29 is 41.1 Å². The summed E-state index contributed by atoms with van der Waals surface area (Å²) in [6, 6.07) is 13.1. The molecule has 214 valence electrons. The molecule has 0 amide bonds. The number of esters is 2. The van der Waals surface area contributed by atoms with E-state index in [1.54, 1.807) is 11.8 Å². The average Bonchev–Trinajstić information content (AvgIpc) is 3.61. The number of hydrogen-bond donors (Lipinski definition) is 0. The molecule has 1 aliphatic carbocycles. The van der Waals surface area contributed by atoms with Gasteiger partial charge in [-0.1, -0.05) is 37.5 Å². The Balaban J connectivity index is 1.48. The minimum Gasteiger partial charge on any atom is -0.464 e. The van der Waals surface area contributed by atoms with Gasteiger partial charge in [-0.15, -0.1) is 11.8 Å². The highest BCUT2D eigenvalue weighted by molar-refractivity contribution is 7.99. The standard InChI is InChI=1S/C29H37F3NO5S/c1-2-33(17-10-20-39-24-13-7-4-8-14-24)18-16-23(21-33)37-26(34)28(25-15-9-19-36-25,22-11-5-3-6-12-22)38-27(35)29(30,31)32/h4,7-9,13-15,19,22-23H,2-3,5-6,10-12,16-18,20-21H2,1H3/q+1. The number of thioether (sulfide) groups is 1. The van der Waals surface area contributed by atoms with Gasteiger partial charge in [0.2, 0.25) is 0 Å². The summed E-state index contributed by atoms with van der Waals surface area (Å²) >= 11 is 1.80. The van der Waals surface area contributed by atoms with E-state index in [0.717, 1.165) is 42.7 Å². The van der Waals surface area contributed by atoms with E-state index in [-0.39, 0.29) is 5.76 Å². The lowest BCUT2D eigenvalue weighted by Crippen LogP contribution is -2.52. The fraction of sp³-hybridized carbons (Fsp3) is 0.586. The molecule has 1 saturated carbocycles. The highest BCUT2D eigenvalue weighted by atomic mass is 32.2. The highest BCUT2D eigenvalue weighted by Gasteiger charge is 2.59. The number of rotatable bonds is 11. The molecule has 2 fully saturated rings. The maximum Gasteiger partial charge on any atom is 0.490 e. The topological polar surface area (TPSA) is 65.7 Å². The number of nitrogens with zero attached hydrogens (tertiary/aromatic N) is 1. The first kappa shape index (κ1) is 29.5. The van der Waals surface area contributed by atoms with E-state index in [1.165, 1.54) is 23.3 Å². The summed E-state index contributed by atoms with van der Waals surface area (Å²) in [6.45, 7) is 5.27. The third-order valence-corrected chi connectivity index (χ3v) is 9.20. The molecular formula is C29H37F3NO5S+.